The molecule has 1 unspecified atom stereocenters. The monoisotopic (exact) mass is 260 g/mol. The van der Waals surface area contributed by atoms with Crippen molar-refractivity contribution in [2.45, 2.75) is 31.7 Å². The van der Waals surface area contributed by atoms with Crippen LogP contribution < -0.4 is 5.32 Å². The smallest absolute Gasteiger partial charge is 0.326 e. The molecule has 2 amide bonds. The van der Waals surface area contributed by atoms with E-state index < -0.39 is 12.0 Å². The van der Waals surface area contributed by atoms with Gasteiger partial charge in [0, 0.05) is 13.1 Å². The summed E-state index contributed by atoms with van der Waals surface area (Å²) in [6, 6.07) is -0.887. The Kier molecular flexibility index (Phi) is 6.18. The van der Waals surface area contributed by atoms with Crippen LogP contribution in [0, 0.1) is 0 Å². The van der Waals surface area contributed by atoms with Crippen molar-refractivity contribution in [3.05, 3.63) is 0 Å². The molecule has 17 heavy (non-hydrogen) atoms. The molecule has 1 atom stereocenters. The molecule has 5 nitrogen and oxygen atoms in total. The highest BCUT2D eigenvalue weighted by Crippen LogP contribution is 2.17. The molecule has 2 N–H and O–H groups in total. The minimum Gasteiger partial charge on any atom is -0.480 e. The van der Waals surface area contributed by atoms with E-state index in [1.54, 1.807) is 11.8 Å². The average Bonchev–Trinajstić information content (AvgIpc) is 2.34. The Bertz CT molecular complexity index is 273. The van der Waals surface area contributed by atoms with Crippen LogP contribution in [0.4, 0.5) is 4.79 Å². The summed E-state index contributed by atoms with van der Waals surface area (Å²) in [5.74, 6) is 0.104. The highest BCUT2D eigenvalue weighted by atomic mass is 32.2. The number of hydrogen-bond donors (Lipinski definition) is 2. The zero-order valence-electron chi connectivity index (χ0n) is 10.1. The van der Waals surface area contributed by atoms with Gasteiger partial charge >= 0.3 is 12.0 Å². The third kappa shape index (κ3) is 4.46. The number of likely N-dealkylation sites (tertiary alicyclic amines) is 1. The molecule has 1 rings (SSSR count). The molecule has 1 heterocycles. The Morgan fingerprint density at radius 2 is 2.24 bits per heavy atom. The standard InChI is InChI=1S/C11H20N2O3S/c1-17-8-4-6-12-11(16)13-7-3-2-5-9(13)10(14)15/h9H,2-8H2,1H3,(H,12,16)(H,14,15). The van der Waals surface area contributed by atoms with Crippen LogP contribution in [0.3, 0.4) is 0 Å². The van der Waals surface area contributed by atoms with E-state index in [1.165, 1.54) is 4.90 Å². The van der Waals surface area contributed by atoms with E-state index in [4.69, 9.17) is 5.11 Å². The summed E-state index contributed by atoms with van der Waals surface area (Å²) in [5, 5.41) is 11.8. The largest absolute Gasteiger partial charge is 0.480 e. The number of carbonyl (C=O) groups excluding carboxylic acids is 1. The van der Waals surface area contributed by atoms with Crippen molar-refractivity contribution in [3.8, 4) is 0 Å². The fourth-order valence-corrected chi connectivity index (χ4v) is 2.38. The third-order valence-corrected chi connectivity index (χ3v) is 3.55. The Hall–Kier alpha value is -0.910. The molecule has 0 aromatic carbocycles. The molecule has 1 saturated heterocycles. The van der Waals surface area contributed by atoms with Crippen LogP contribution in [0.2, 0.25) is 0 Å². The van der Waals surface area contributed by atoms with E-state index in [9.17, 15) is 9.59 Å². The van der Waals surface area contributed by atoms with Crippen LogP contribution >= 0.6 is 11.8 Å². The molecule has 1 aliphatic heterocycles. The van der Waals surface area contributed by atoms with Gasteiger partial charge < -0.3 is 15.3 Å². The Morgan fingerprint density at radius 3 is 2.88 bits per heavy atom. The number of nitrogens with one attached hydrogen (secondary N) is 1. The number of thioether (sulfide) groups is 1. The van der Waals surface area contributed by atoms with E-state index in [0.717, 1.165) is 25.0 Å². The molecule has 98 valence electrons. The number of amides is 2. The summed E-state index contributed by atoms with van der Waals surface area (Å²) >= 11 is 1.74. The van der Waals surface area contributed by atoms with Gasteiger partial charge in [0.1, 0.15) is 6.04 Å². The highest BCUT2D eigenvalue weighted by molar-refractivity contribution is 7.98. The summed E-state index contributed by atoms with van der Waals surface area (Å²) in [6.45, 7) is 1.16. The molecule has 0 bridgehead atoms. The number of carbonyl (C=O) groups is 2. The normalized spacial score (nSPS) is 20.1. The lowest BCUT2D eigenvalue weighted by atomic mass is 10.0. The second-order valence-electron chi connectivity index (χ2n) is 4.12. The summed E-state index contributed by atoms with van der Waals surface area (Å²) in [6.07, 6.45) is 5.27. The van der Waals surface area contributed by atoms with Crippen LogP contribution in [0.5, 0.6) is 0 Å². The van der Waals surface area contributed by atoms with E-state index in [2.05, 4.69) is 5.32 Å². The number of urea groups is 1. The van der Waals surface area contributed by atoms with Crippen LogP contribution in [0.15, 0.2) is 0 Å². The second-order valence-corrected chi connectivity index (χ2v) is 5.11. The number of carboxylic acids is 1. The van der Waals surface area contributed by atoms with Gasteiger partial charge in [-0.15, -0.1) is 0 Å². The number of rotatable bonds is 5. The van der Waals surface area contributed by atoms with Gasteiger partial charge in [-0.05, 0) is 37.7 Å². The lowest BCUT2D eigenvalue weighted by molar-refractivity contribution is -0.143. The maximum Gasteiger partial charge on any atom is 0.326 e. The predicted octanol–water partition coefficient (Wildman–Crippen LogP) is 1.39. The molecular weight excluding hydrogens is 240 g/mol. The van der Waals surface area contributed by atoms with Crippen LogP contribution in [0.25, 0.3) is 0 Å². The molecular formula is C11H20N2O3S. The van der Waals surface area contributed by atoms with Crippen molar-refractivity contribution >= 4 is 23.8 Å². The highest BCUT2D eigenvalue weighted by Gasteiger charge is 2.31. The molecule has 1 aliphatic rings. The molecule has 0 aromatic heterocycles. The zero-order chi connectivity index (χ0) is 12.7. The quantitative estimate of drug-likeness (QED) is 0.733. The van der Waals surface area contributed by atoms with Crippen LogP contribution in [-0.4, -0.2) is 53.1 Å². The molecule has 1 fully saturated rings. The van der Waals surface area contributed by atoms with Gasteiger partial charge in [0.25, 0.3) is 0 Å². The maximum atomic E-state index is 11.8. The maximum absolute atomic E-state index is 11.8. The molecule has 0 spiro atoms. The van der Waals surface area contributed by atoms with Crippen molar-refractivity contribution in [3.63, 3.8) is 0 Å². The van der Waals surface area contributed by atoms with Gasteiger partial charge in [-0.25, -0.2) is 9.59 Å². The lowest BCUT2D eigenvalue weighted by Gasteiger charge is -2.32. The zero-order valence-corrected chi connectivity index (χ0v) is 11.0. The van der Waals surface area contributed by atoms with E-state index >= 15 is 0 Å². The van der Waals surface area contributed by atoms with E-state index in [-0.39, 0.29) is 6.03 Å². The van der Waals surface area contributed by atoms with E-state index in [0.29, 0.717) is 19.5 Å². The SMILES string of the molecule is CSCCCNC(=O)N1CCCCC1C(=O)O. The molecule has 0 saturated carbocycles. The average molecular weight is 260 g/mol. The lowest BCUT2D eigenvalue weighted by Crippen LogP contribution is -2.52. The Balaban J connectivity index is 2.39. The summed E-state index contributed by atoms with van der Waals surface area (Å²) in [4.78, 5) is 24.3. The van der Waals surface area contributed by atoms with Gasteiger partial charge in [-0.1, -0.05) is 0 Å². The first-order valence-corrected chi connectivity index (χ1v) is 7.32. The Labute approximate surface area is 106 Å². The first kappa shape index (κ1) is 14.2. The molecule has 0 aromatic rings. The van der Waals surface area contributed by atoms with Gasteiger partial charge in [-0.2, -0.15) is 11.8 Å². The number of aliphatic carboxylic acids is 1. The summed E-state index contributed by atoms with van der Waals surface area (Å²) in [5.41, 5.74) is 0. The number of carboxylic acid groups (broad SMARTS) is 1. The number of hydrogen-bond acceptors (Lipinski definition) is 3. The van der Waals surface area contributed by atoms with Crippen molar-refractivity contribution in [2.24, 2.45) is 0 Å². The first-order chi connectivity index (χ1) is 8.16. The minimum absolute atomic E-state index is 0.238. The van der Waals surface area contributed by atoms with Gasteiger partial charge in [0.15, 0.2) is 0 Å². The molecule has 0 radical (unpaired) electrons. The van der Waals surface area contributed by atoms with Crippen molar-refractivity contribution in [1.82, 2.24) is 10.2 Å². The van der Waals surface area contributed by atoms with Crippen LogP contribution in [0.1, 0.15) is 25.7 Å². The van der Waals surface area contributed by atoms with Gasteiger partial charge in [-0.3, -0.25) is 0 Å². The van der Waals surface area contributed by atoms with E-state index in [1.807, 2.05) is 6.26 Å². The topological polar surface area (TPSA) is 69.6 Å². The Morgan fingerprint density at radius 1 is 1.47 bits per heavy atom. The fraction of sp³-hybridized carbons (Fsp3) is 0.818. The number of piperidine rings is 1. The molecule has 0 aliphatic carbocycles. The fourth-order valence-electron chi connectivity index (χ4n) is 1.94. The number of nitrogens with zero attached hydrogens (tertiary/aromatic N) is 1. The first-order valence-electron chi connectivity index (χ1n) is 5.93. The van der Waals surface area contributed by atoms with Gasteiger partial charge in [0.2, 0.25) is 0 Å². The summed E-state index contributed by atoms with van der Waals surface area (Å²) < 4.78 is 0. The van der Waals surface area contributed by atoms with Crippen molar-refractivity contribution < 1.29 is 14.7 Å². The van der Waals surface area contributed by atoms with Crippen LogP contribution in [-0.2, 0) is 4.79 Å². The second kappa shape index (κ2) is 7.42. The van der Waals surface area contributed by atoms with Crippen molar-refractivity contribution in [1.29, 1.82) is 0 Å². The third-order valence-electron chi connectivity index (χ3n) is 2.85. The predicted molar refractivity (Wildman–Crippen MR) is 68.4 cm³/mol. The minimum atomic E-state index is -0.899. The summed E-state index contributed by atoms with van der Waals surface area (Å²) in [7, 11) is 0. The van der Waals surface area contributed by atoms with Gasteiger partial charge in [0.05, 0.1) is 0 Å². The van der Waals surface area contributed by atoms with Crippen molar-refractivity contribution in [2.75, 3.05) is 25.1 Å². The molecule has 6 heteroatoms.